The standard InChI is InChI=1S/C18H16N4OS/c23-17(10-13-4-3-7-19-11-13)20-15-6-2-1-5-14(15)16-12-22-8-9-24-18(22)21-16/h1-7,11-12H,8-10H2,(H,20,23). The Morgan fingerprint density at radius 1 is 1.25 bits per heavy atom. The number of benzene rings is 1. The minimum atomic E-state index is -0.0587. The van der Waals surface area contributed by atoms with Gasteiger partial charge in [-0.25, -0.2) is 4.98 Å². The normalized spacial score (nSPS) is 12.8. The molecule has 3 heterocycles. The smallest absolute Gasteiger partial charge is 0.228 e. The Morgan fingerprint density at radius 2 is 2.17 bits per heavy atom. The predicted octanol–water partition coefficient (Wildman–Crippen LogP) is 3.23. The van der Waals surface area contributed by atoms with Crippen LogP contribution in [0, 0.1) is 0 Å². The fourth-order valence-electron chi connectivity index (χ4n) is 2.74. The lowest BCUT2D eigenvalue weighted by Gasteiger charge is -2.09. The summed E-state index contributed by atoms with van der Waals surface area (Å²) in [5, 5.41) is 4.04. The van der Waals surface area contributed by atoms with Gasteiger partial charge in [0.05, 0.1) is 17.8 Å². The Labute approximate surface area is 144 Å². The van der Waals surface area contributed by atoms with Gasteiger partial charge >= 0.3 is 0 Å². The Kier molecular flexibility index (Phi) is 4.04. The molecule has 0 saturated carbocycles. The number of pyridine rings is 1. The van der Waals surface area contributed by atoms with Crippen LogP contribution in [0.5, 0.6) is 0 Å². The summed E-state index contributed by atoms with van der Waals surface area (Å²) in [6, 6.07) is 11.5. The quantitative estimate of drug-likeness (QED) is 0.795. The number of nitrogens with zero attached hydrogens (tertiary/aromatic N) is 3. The van der Waals surface area contributed by atoms with Crippen LogP contribution in [0.4, 0.5) is 5.69 Å². The van der Waals surface area contributed by atoms with Gasteiger partial charge in [-0.2, -0.15) is 0 Å². The molecule has 1 aromatic carbocycles. The zero-order valence-electron chi connectivity index (χ0n) is 13.0. The summed E-state index contributed by atoms with van der Waals surface area (Å²) in [5.74, 6) is 1.02. The van der Waals surface area contributed by atoms with Crippen molar-refractivity contribution in [3.63, 3.8) is 0 Å². The van der Waals surface area contributed by atoms with Crippen LogP contribution in [0.1, 0.15) is 5.56 Å². The van der Waals surface area contributed by atoms with Gasteiger partial charge in [0.2, 0.25) is 5.91 Å². The highest BCUT2D eigenvalue weighted by Gasteiger charge is 2.17. The van der Waals surface area contributed by atoms with E-state index in [1.54, 1.807) is 24.2 Å². The first-order valence-corrected chi connectivity index (χ1v) is 8.76. The van der Waals surface area contributed by atoms with Crippen molar-refractivity contribution < 1.29 is 4.79 Å². The maximum Gasteiger partial charge on any atom is 0.228 e. The van der Waals surface area contributed by atoms with Gasteiger partial charge in [0.15, 0.2) is 5.16 Å². The van der Waals surface area contributed by atoms with E-state index in [2.05, 4.69) is 26.0 Å². The maximum atomic E-state index is 12.3. The fourth-order valence-corrected chi connectivity index (χ4v) is 3.68. The molecule has 0 radical (unpaired) electrons. The van der Waals surface area contributed by atoms with Crippen molar-refractivity contribution in [3.8, 4) is 11.3 Å². The molecule has 0 atom stereocenters. The summed E-state index contributed by atoms with van der Waals surface area (Å²) in [4.78, 5) is 21.1. The molecule has 3 aromatic rings. The first kappa shape index (κ1) is 15.0. The molecule has 2 aromatic heterocycles. The Morgan fingerprint density at radius 3 is 3.00 bits per heavy atom. The molecule has 0 fully saturated rings. The van der Waals surface area contributed by atoms with Crippen molar-refractivity contribution >= 4 is 23.4 Å². The molecule has 6 heteroatoms. The highest BCUT2D eigenvalue weighted by molar-refractivity contribution is 7.99. The zero-order valence-corrected chi connectivity index (χ0v) is 13.8. The van der Waals surface area contributed by atoms with E-state index in [1.165, 1.54) is 0 Å². The van der Waals surface area contributed by atoms with Gasteiger partial charge in [0.25, 0.3) is 0 Å². The van der Waals surface area contributed by atoms with E-state index in [1.807, 2.05) is 36.4 Å². The highest BCUT2D eigenvalue weighted by atomic mass is 32.2. The number of hydrogen-bond acceptors (Lipinski definition) is 4. The van der Waals surface area contributed by atoms with E-state index in [4.69, 9.17) is 0 Å². The summed E-state index contributed by atoms with van der Waals surface area (Å²) in [7, 11) is 0. The number of amides is 1. The molecule has 120 valence electrons. The minimum absolute atomic E-state index is 0.0587. The van der Waals surface area contributed by atoms with E-state index >= 15 is 0 Å². The summed E-state index contributed by atoms with van der Waals surface area (Å²) < 4.78 is 2.16. The van der Waals surface area contributed by atoms with Crippen LogP contribution < -0.4 is 5.32 Å². The van der Waals surface area contributed by atoms with Crippen molar-refractivity contribution in [1.29, 1.82) is 0 Å². The molecular formula is C18H16N4OS. The van der Waals surface area contributed by atoms with Crippen LogP contribution in [0.2, 0.25) is 0 Å². The van der Waals surface area contributed by atoms with Crippen molar-refractivity contribution in [2.75, 3.05) is 11.1 Å². The number of carbonyl (C=O) groups excluding carboxylic acids is 1. The van der Waals surface area contributed by atoms with Crippen molar-refractivity contribution in [2.24, 2.45) is 0 Å². The lowest BCUT2D eigenvalue weighted by molar-refractivity contribution is -0.115. The largest absolute Gasteiger partial charge is 0.325 e. The number of para-hydroxylation sites is 1. The third-order valence-electron chi connectivity index (χ3n) is 3.87. The number of rotatable bonds is 4. The molecule has 4 rings (SSSR count). The monoisotopic (exact) mass is 336 g/mol. The highest BCUT2D eigenvalue weighted by Crippen LogP contribution is 2.32. The molecule has 1 aliphatic rings. The molecule has 0 spiro atoms. The summed E-state index contributed by atoms with van der Waals surface area (Å²) >= 11 is 1.76. The second kappa shape index (κ2) is 6.49. The van der Waals surface area contributed by atoms with Gasteiger partial charge in [-0.1, -0.05) is 36.0 Å². The number of fused-ring (bicyclic) bond motifs is 1. The molecule has 1 N–H and O–H groups in total. The number of nitrogens with one attached hydrogen (secondary N) is 1. The Balaban J connectivity index is 1.56. The number of anilines is 1. The lowest BCUT2D eigenvalue weighted by atomic mass is 10.1. The fraction of sp³-hybridized carbons (Fsp3) is 0.167. The van der Waals surface area contributed by atoms with E-state index in [9.17, 15) is 4.79 Å². The minimum Gasteiger partial charge on any atom is -0.325 e. The molecule has 0 bridgehead atoms. The third kappa shape index (κ3) is 3.05. The molecule has 5 nitrogen and oxygen atoms in total. The average Bonchev–Trinajstić information content (AvgIpc) is 3.18. The molecule has 24 heavy (non-hydrogen) atoms. The SMILES string of the molecule is O=C(Cc1cccnc1)Nc1ccccc1-c1cn2c(n1)SCC2. The predicted molar refractivity (Wildman–Crippen MR) is 95.0 cm³/mol. The molecular weight excluding hydrogens is 320 g/mol. The topological polar surface area (TPSA) is 59.8 Å². The molecule has 0 unspecified atom stereocenters. The van der Waals surface area contributed by atoms with Gasteiger partial charge in [0.1, 0.15) is 0 Å². The Bertz CT molecular complexity index is 854. The van der Waals surface area contributed by atoms with Gasteiger partial charge in [-0.3, -0.25) is 9.78 Å². The van der Waals surface area contributed by atoms with Gasteiger partial charge in [0, 0.05) is 36.5 Å². The van der Waals surface area contributed by atoms with Gasteiger partial charge in [-0.05, 0) is 17.7 Å². The number of carbonyl (C=O) groups is 1. The molecule has 0 saturated heterocycles. The summed E-state index contributed by atoms with van der Waals surface area (Å²) in [5.41, 5.74) is 3.52. The average molecular weight is 336 g/mol. The first-order valence-electron chi connectivity index (χ1n) is 7.78. The number of aryl methyl sites for hydroxylation is 1. The second-order valence-corrected chi connectivity index (χ2v) is 6.64. The maximum absolute atomic E-state index is 12.3. The van der Waals surface area contributed by atoms with E-state index in [0.29, 0.717) is 6.42 Å². The first-order chi connectivity index (χ1) is 11.8. The summed E-state index contributed by atoms with van der Waals surface area (Å²) in [6.07, 6.45) is 5.77. The van der Waals surface area contributed by atoms with Crippen molar-refractivity contribution in [2.45, 2.75) is 18.1 Å². The lowest BCUT2D eigenvalue weighted by Crippen LogP contribution is -2.15. The van der Waals surface area contributed by atoms with E-state index < -0.39 is 0 Å². The number of thioether (sulfide) groups is 1. The number of hydrogen-bond donors (Lipinski definition) is 1. The van der Waals surface area contributed by atoms with Crippen LogP contribution in [0.25, 0.3) is 11.3 Å². The molecule has 0 aliphatic carbocycles. The molecule has 1 aliphatic heterocycles. The van der Waals surface area contributed by atoms with Crippen LogP contribution >= 0.6 is 11.8 Å². The number of aromatic nitrogens is 3. The third-order valence-corrected chi connectivity index (χ3v) is 4.84. The van der Waals surface area contributed by atoms with Crippen molar-refractivity contribution in [1.82, 2.24) is 14.5 Å². The van der Waals surface area contributed by atoms with Gasteiger partial charge < -0.3 is 9.88 Å². The van der Waals surface area contributed by atoms with E-state index in [0.717, 1.165) is 40.0 Å². The number of imidazole rings is 1. The van der Waals surface area contributed by atoms with Crippen molar-refractivity contribution in [3.05, 3.63) is 60.6 Å². The van der Waals surface area contributed by atoms with Crippen LogP contribution in [0.3, 0.4) is 0 Å². The van der Waals surface area contributed by atoms with Crippen LogP contribution in [-0.2, 0) is 17.8 Å². The van der Waals surface area contributed by atoms with Crippen LogP contribution in [0.15, 0.2) is 60.1 Å². The molecule has 1 amide bonds. The van der Waals surface area contributed by atoms with Gasteiger partial charge in [-0.15, -0.1) is 0 Å². The zero-order chi connectivity index (χ0) is 16.4. The Hall–Kier alpha value is -2.60. The second-order valence-electron chi connectivity index (χ2n) is 5.58. The summed E-state index contributed by atoms with van der Waals surface area (Å²) in [6.45, 7) is 0.989. The van der Waals surface area contributed by atoms with Crippen LogP contribution in [-0.4, -0.2) is 26.2 Å². The van der Waals surface area contributed by atoms with E-state index in [-0.39, 0.29) is 5.91 Å².